The Labute approximate surface area is 95.5 Å². The molecule has 0 fully saturated rings. The molecule has 0 radical (unpaired) electrons. The standard InChI is InChI=1S/C13H17NO2/c15-13(16)3-1-2-10-4-5-11-6-7-14-9-12(11)8-10/h4-5,8,14H,1-3,6-7,9H2,(H,15,16). The molecule has 1 aliphatic heterocycles. The summed E-state index contributed by atoms with van der Waals surface area (Å²) in [5.41, 5.74) is 4.06. The third-order valence-corrected chi connectivity index (χ3v) is 3.01. The molecule has 0 aliphatic carbocycles. The van der Waals surface area contributed by atoms with Gasteiger partial charge in [0.25, 0.3) is 0 Å². The molecular weight excluding hydrogens is 202 g/mol. The fraction of sp³-hybridized carbons (Fsp3) is 0.462. The van der Waals surface area contributed by atoms with Crippen molar-refractivity contribution in [1.29, 1.82) is 0 Å². The van der Waals surface area contributed by atoms with E-state index >= 15 is 0 Å². The molecule has 2 N–H and O–H groups in total. The second-order valence-corrected chi connectivity index (χ2v) is 4.28. The van der Waals surface area contributed by atoms with Gasteiger partial charge in [0.15, 0.2) is 0 Å². The van der Waals surface area contributed by atoms with Gasteiger partial charge in [-0.25, -0.2) is 0 Å². The Morgan fingerprint density at radius 2 is 2.25 bits per heavy atom. The van der Waals surface area contributed by atoms with Crippen LogP contribution in [0, 0.1) is 0 Å². The first-order valence-electron chi connectivity index (χ1n) is 5.79. The molecule has 1 aromatic carbocycles. The van der Waals surface area contributed by atoms with Crippen molar-refractivity contribution in [3.05, 3.63) is 34.9 Å². The summed E-state index contributed by atoms with van der Waals surface area (Å²) in [6.45, 7) is 2.01. The number of hydrogen-bond acceptors (Lipinski definition) is 2. The first kappa shape index (κ1) is 11.1. The number of hydrogen-bond donors (Lipinski definition) is 2. The molecule has 0 atom stereocenters. The van der Waals surface area contributed by atoms with E-state index in [1.807, 2.05) is 0 Å². The van der Waals surface area contributed by atoms with E-state index in [1.165, 1.54) is 16.7 Å². The first-order valence-corrected chi connectivity index (χ1v) is 5.79. The van der Waals surface area contributed by atoms with Gasteiger partial charge in [-0.2, -0.15) is 0 Å². The van der Waals surface area contributed by atoms with E-state index < -0.39 is 5.97 Å². The van der Waals surface area contributed by atoms with Gasteiger partial charge in [-0.1, -0.05) is 18.2 Å². The van der Waals surface area contributed by atoms with E-state index in [2.05, 4.69) is 23.5 Å². The number of nitrogens with one attached hydrogen (secondary N) is 1. The van der Waals surface area contributed by atoms with E-state index in [0.717, 1.165) is 32.4 Å². The lowest BCUT2D eigenvalue weighted by Gasteiger charge is -2.17. The monoisotopic (exact) mass is 219 g/mol. The molecule has 1 aliphatic rings. The van der Waals surface area contributed by atoms with Crippen LogP contribution in [-0.4, -0.2) is 17.6 Å². The lowest BCUT2D eigenvalue weighted by molar-refractivity contribution is -0.137. The van der Waals surface area contributed by atoms with Crippen molar-refractivity contribution in [3.8, 4) is 0 Å². The van der Waals surface area contributed by atoms with Gasteiger partial charge in [0.2, 0.25) is 0 Å². The van der Waals surface area contributed by atoms with E-state index in [4.69, 9.17) is 5.11 Å². The van der Waals surface area contributed by atoms with Gasteiger partial charge in [0.05, 0.1) is 0 Å². The van der Waals surface area contributed by atoms with Crippen LogP contribution in [0.2, 0.25) is 0 Å². The maximum Gasteiger partial charge on any atom is 0.303 e. The van der Waals surface area contributed by atoms with Crippen LogP contribution in [0.3, 0.4) is 0 Å². The van der Waals surface area contributed by atoms with Gasteiger partial charge >= 0.3 is 5.97 Å². The molecule has 0 saturated carbocycles. The van der Waals surface area contributed by atoms with Gasteiger partial charge in [-0.3, -0.25) is 4.79 Å². The smallest absolute Gasteiger partial charge is 0.303 e. The second kappa shape index (κ2) is 5.12. The minimum absolute atomic E-state index is 0.259. The Morgan fingerprint density at radius 1 is 1.38 bits per heavy atom. The van der Waals surface area contributed by atoms with Crippen molar-refractivity contribution in [2.24, 2.45) is 0 Å². The molecule has 0 saturated heterocycles. The predicted octanol–water partition coefficient (Wildman–Crippen LogP) is 1.74. The quantitative estimate of drug-likeness (QED) is 0.811. The fourth-order valence-electron chi connectivity index (χ4n) is 2.13. The van der Waals surface area contributed by atoms with Crippen LogP contribution in [0.25, 0.3) is 0 Å². The largest absolute Gasteiger partial charge is 0.481 e. The van der Waals surface area contributed by atoms with Crippen LogP contribution in [0.1, 0.15) is 29.5 Å². The molecule has 86 valence electrons. The summed E-state index contributed by atoms with van der Waals surface area (Å²) in [6.07, 6.45) is 2.95. The number of carboxylic acid groups (broad SMARTS) is 1. The molecular formula is C13H17NO2. The maximum absolute atomic E-state index is 10.4. The highest BCUT2D eigenvalue weighted by Crippen LogP contribution is 2.17. The average Bonchev–Trinajstić information content (AvgIpc) is 2.28. The van der Waals surface area contributed by atoms with E-state index in [1.54, 1.807) is 0 Å². The first-order chi connectivity index (χ1) is 7.75. The molecule has 0 bridgehead atoms. The maximum atomic E-state index is 10.4. The number of fused-ring (bicyclic) bond motifs is 1. The minimum atomic E-state index is -0.709. The van der Waals surface area contributed by atoms with E-state index in [-0.39, 0.29) is 6.42 Å². The van der Waals surface area contributed by atoms with Crippen molar-refractivity contribution < 1.29 is 9.90 Å². The van der Waals surface area contributed by atoms with Crippen LogP contribution in [0.4, 0.5) is 0 Å². The van der Waals surface area contributed by atoms with Gasteiger partial charge in [-0.05, 0) is 42.5 Å². The lowest BCUT2D eigenvalue weighted by atomic mass is 9.96. The molecule has 1 aromatic rings. The molecule has 3 nitrogen and oxygen atoms in total. The number of aliphatic carboxylic acids is 1. The van der Waals surface area contributed by atoms with Crippen LogP contribution < -0.4 is 5.32 Å². The Balaban J connectivity index is 1.97. The molecule has 16 heavy (non-hydrogen) atoms. The van der Waals surface area contributed by atoms with Gasteiger partial charge < -0.3 is 10.4 Å². The predicted molar refractivity (Wildman–Crippen MR) is 62.4 cm³/mol. The van der Waals surface area contributed by atoms with Crippen molar-refractivity contribution >= 4 is 5.97 Å². The topological polar surface area (TPSA) is 49.3 Å². The number of carbonyl (C=O) groups is 1. The summed E-state index contributed by atoms with van der Waals surface area (Å²) in [5, 5.41) is 11.9. The molecule has 0 amide bonds. The van der Waals surface area contributed by atoms with Gasteiger partial charge in [-0.15, -0.1) is 0 Å². The summed E-state index contributed by atoms with van der Waals surface area (Å²) >= 11 is 0. The second-order valence-electron chi connectivity index (χ2n) is 4.28. The molecule has 0 spiro atoms. The summed E-state index contributed by atoms with van der Waals surface area (Å²) in [6, 6.07) is 6.53. The van der Waals surface area contributed by atoms with Crippen LogP contribution in [-0.2, 0) is 24.2 Å². The Hall–Kier alpha value is -1.35. The third kappa shape index (κ3) is 2.83. The zero-order chi connectivity index (χ0) is 11.4. The fourth-order valence-corrected chi connectivity index (χ4v) is 2.13. The highest BCUT2D eigenvalue weighted by Gasteiger charge is 2.08. The Bertz CT molecular complexity index is 388. The third-order valence-electron chi connectivity index (χ3n) is 3.01. The highest BCUT2D eigenvalue weighted by molar-refractivity contribution is 5.66. The molecule has 2 rings (SSSR count). The lowest BCUT2D eigenvalue weighted by Crippen LogP contribution is -2.23. The zero-order valence-corrected chi connectivity index (χ0v) is 9.33. The average molecular weight is 219 g/mol. The van der Waals surface area contributed by atoms with Gasteiger partial charge in [0.1, 0.15) is 0 Å². The highest BCUT2D eigenvalue weighted by atomic mass is 16.4. The van der Waals surface area contributed by atoms with Crippen molar-refractivity contribution in [1.82, 2.24) is 5.32 Å². The zero-order valence-electron chi connectivity index (χ0n) is 9.33. The number of carboxylic acids is 1. The summed E-state index contributed by atoms with van der Waals surface area (Å²) in [7, 11) is 0. The summed E-state index contributed by atoms with van der Waals surface area (Å²) in [5.74, 6) is -0.709. The minimum Gasteiger partial charge on any atom is -0.481 e. The summed E-state index contributed by atoms with van der Waals surface area (Å²) < 4.78 is 0. The molecule has 0 aromatic heterocycles. The van der Waals surface area contributed by atoms with Crippen molar-refractivity contribution in [2.75, 3.05) is 6.54 Å². The van der Waals surface area contributed by atoms with E-state index in [0.29, 0.717) is 0 Å². The van der Waals surface area contributed by atoms with Crippen LogP contribution in [0.5, 0.6) is 0 Å². The molecule has 3 heteroatoms. The van der Waals surface area contributed by atoms with Crippen molar-refractivity contribution in [2.45, 2.75) is 32.2 Å². The van der Waals surface area contributed by atoms with Gasteiger partial charge in [0, 0.05) is 13.0 Å². The van der Waals surface area contributed by atoms with Crippen molar-refractivity contribution in [3.63, 3.8) is 0 Å². The normalized spacial score (nSPS) is 14.5. The van der Waals surface area contributed by atoms with E-state index in [9.17, 15) is 4.79 Å². The molecule has 1 heterocycles. The number of aryl methyl sites for hydroxylation is 1. The number of benzene rings is 1. The Kier molecular flexibility index (Phi) is 3.57. The Morgan fingerprint density at radius 3 is 3.06 bits per heavy atom. The molecule has 0 unspecified atom stereocenters. The summed E-state index contributed by atoms with van der Waals surface area (Å²) in [4.78, 5) is 10.4. The SMILES string of the molecule is O=C(O)CCCc1ccc2c(c1)CNCC2. The van der Waals surface area contributed by atoms with Crippen LogP contribution in [0.15, 0.2) is 18.2 Å². The number of rotatable bonds is 4. The van der Waals surface area contributed by atoms with Crippen LogP contribution >= 0.6 is 0 Å².